The topological polar surface area (TPSA) is 45.8 Å². The number of benzene rings is 1. The molecule has 0 saturated heterocycles. The van der Waals surface area contributed by atoms with Crippen LogP contribution in [0.3, 0.4) is 0 Å². The van der Waals surface area contributed by atoms with Crippen molar-refractivity contribution >= 4 is 5.78 Å². The lowest BCUT2D eigenvalue weighted by molar-refractivity contribution is 0.0899. The van der Waals surface area contributed by atoms with E-state index < -0.39 is 0 Å². The third kappa shape index (κ3) is 3.29. The second kappa shape index (κ2) is 5.71. The van der Waals surface area contributed by atoms with Crippen LogP contribution in [0.5, 0.6) is 0 Å². The van der Waals surface area contributed by atoms with E-state index in [0.29, 0.717) is 11.2 Å². The van der Waals surface area contributed by atoms with Gasteiger partial charge in [-0.2, -0.15) is 0 Å². The highest BCUT2D eigenvalue weighted by atomic mass is 16.1. The third-order valence-corrected chi connectivity index (χ3v) is 4.34. The largest absolute Gasteiger partial charge is 0.342 e. The van der Waals surface area contributed by atoms with Crippen LogP contribution in [-0.4, -0.2) is 15.8 Å². The molecule has 0 amide bonds. The lowest BCUT2D eigenvalue weighted by Gasteiger charge is -2.25. The standard InChI is InChI=1S/C19H24N2O/c1-19(2,3)12-13-4-5-15-11-16(7-6-14(15)10-13)17(22)18-20-8-9-21-18/h4-5,8-10,16H,6-7,11-12H2,1-3H3,(H,20,21). The lowest BCUT2D eigenvalue weighted by atomic mass is 9.79. The quantitative estimate of drug-likeness (QED) is 0.871. The number of fused-ring (bicyclic) bond motifs is 1. The normalized spacial score (nSPS) is 18.0. The van der Waals surface area contributed by atoms with Crippen molar-refractivity contribution in [3.05, 3.63) is 53.1 Å². The summed E-state index contributed by atoms with van der Waals surface area (Å²) < 4.78 is 0. The van der Waals surface area contributed by atoms with E-state index in [1.54, 1.807) is 12.4 Å². The van der Waals surface area contributed by atoms with E-state index in [4.69, 9.17) is 0 Å². The van der Waals surface area contributed by atoms with Crippen LogP contribution in [0.2, 0.25) is 0 Å². The molecule has 2 aromatic rings. The smallest absolute Gasteiger partial charge is 0.201 e. The molecule has 0 bridgehead atoms. The van der Waals surface area contributed by atoms with E-state index in [2.05, 4.69) is 48.9 Å². The molecule has 1 N–H and O–H groups in total. The molecule has 1 heterocycles. The number of nitrogens with zero attached hydrogens (tertiary/aromatic N) is 1. The summed E-state index contributed by atoms with van der Waals surface area (Å²) in [6, 6.07) is 6.79. The van der Waals surface area contributed by atoms with Crippen LogP contribution in [0.25, 0.3) is 0 Å². The van der Waals surface area contributed by atoms with Gasteiger partial charge in [-0.05, 0) is 47.8 Å². The Morgan fingerprint density at radius 1 is 1.32 bits per heavy atom. The van der Waals surface area contributed by atoms with Crippen LogP contribution >= 0.6 is 0 Å². The number of nitrogens with one attached hydrogen (secondary N) is 1. The number of hydrogen-bond donors (Lipinski definition) is 1. The number of imidazole rings is 1. The monoisotopic (exact) mass is 296 g/mol. The highest BCUT2D eigenvalue weighted by molar-refractivity contribution is 5.94. The number of hydrogen-bond acceptors (Lipinski definition) is 2. The van der Waals surface area contributed by atoms with Crippen molar-refractivity contribution in [1.29, 1.82) is 0 Å². The van der Waals surface area contributed by atoms with Gasteiger partial charge in [-0.25, -0.2) is 4.98 Å². The Balaban J connectivity index is 1.75. The van der Waals surface area contributed by atoms with Gasteiger partial charge in [-0.3, -0.25) is 4.79 Å². The molecule has 1 aliphatic carbocycles. The molecular weight excluding hydrogens is 272 g/mol. The lowest BCUT2D eigenvalue weighted by Crippen LogP contribution is -2.24. The first-order valence-electron chi connectivity index (χ1n) is 8.07. The fourth-order valence-corrected chi connectivity index (χ4v) is 3.35. The van der Waals surface area contributed by atoms with Gasteiger partial charge < -0.3 is 4.98 Å². The molecule has 1 aromatic carbocycles. The van der Waals surface area contributed by atoms with E-state index in [-0.39, 0.29) is 11.7 Å². The Hall–Kier alpha value is -1.90. The molecule has 22 heavy (non-hydrogen) atoms. The average molecular weight is 296 g/mol. The summed E-state index contributed by atoms with van der Waals surface area (Å²) in [5.74, 6) is 0.708. The second-order valence-electron chi connectivity index (χ2n) is 7.58. The van der Waals surface area contributed by atoms with Gasteiger partial charge in [0.25, 0.3) is 0 Å². The minimum absolute atomic E-state index is 0.0621. The molecule has 1 unspecified atom stereocenters. The molecule has 0 spiro atoms. The second-order valence-corrected chi connectivity index (χ2v) is 7.58. The molecule has 0 fully saturated rings. The number of aromatic amines is 1. The number of ketones is 1. The third-order valence-electron chi connectivity index (χ3n) is 4.34. The van der Waals surface area contributed by atoms with Gasteiger partial charge in [0, 0.05) is 18.3 Å². The van der Waals surface area contributed by atoms with Crippen LogP contribution in [0, 0.1) is 11.3 Å². The van der Waals surface area contributed by atoms with Crippen molar-refractivity contribution in [3.8, 4) is 0 Å². The molecule has 116 valence electrons. The maximum atomic E-state index is 12.4. The fraction of sp³-hybridized carbons (Fsp3) is 0.474. The van der Waals surface area contributed by atoms with Crippen LogP contribution in [-0.2, 0) is 19.3 Å². The zero-order chi connectivity index (χ0) is 15.7. The SMILES string of the molecule is CC(C)(C)Cc1ccc2c(c1)CCC(C(=O)c1ncc[nH]1)C2. The van der Waals surface area contributed by atoms with E-state index >= 15 is 0 Å². The molecule has 1 aliphatic rings. The Morgan fingerprint density at radius 3 is 2.82 bits per heavy atom. The first kappa shape index (κ1) is 15.0. The van der Waals surface area contributed by atoms with Crippen molar-refractivity contribution in [3.63, 3.8) is 0 Å². The van der Waals surface area contributed by atoms with Crippen molar-refractivity contribution < 1.29 is 4.79 Å². The van der Waals surface area contributed by atoms with Crippen molar-refractivity contribution in [2.45, 2.75) is 46.5 Å². The Kier molecular flexibility index (Phi) is 3.90. The number of Topliss-reactive ketones (excluding diaryl/α,β-unsaturated/α-hetero) is 1. The summed E-state index contributed by atoms with van der Waals surface area (Å²) in [4.78, 5) is 19.5. The van der Waals surface area contributed by atoms with Gasteiger partial charge in [0.1, 0.15) is 0 Å². The molecule has 3 rings (SSSR count). The zero-order valence-corrected chi connectivity index (χ0v) is 13.6. The zero-order valence-electron chi connectivity index (χ0n) is 13.6. The van der Waals surface area contributed by atoms with Crippen LogP contribution < -0.4 is 0 Å². The summed E-state index contributed by atoms with van der Waals surface area (Å²) in [5.41, 5.74) is 4.46. The summed E-state index contributed by atoms with van der Waals surface area (Å²) in [6.07, 6.45) is 7.20. The van der Waals surface area contributed by atoms with Gasteiger partial charge in [-0.1, -0.05) is 39.0 Å². The summed E-state index contributed by atoms with van der Waals surface area (Å²) in [6.45, 7) is 6.81. The van der Waals surface area contributed by atoms with Crippen LogP contribution in [0.4, 0.5) is 0 Å². The number of carbonyl (C=O) groups is 1. The van der Waals surface area contributed by atoms with Crippen molar-refractivity contribution in [2.75, 3.05) is 0 Å². The van der Waals surface area contributed by atoms with E-state index in [9.17, 15) is 4.79 Å². The summed E-state index contributed by atoms with van der Waals surface area (Å²) in [7, 11) is 0. The van der Waals surface area contributed by atoms with Gasteiger partial charge in [0.05, 0.1) is 0 Å². The predicted molar refractivity (Wildman–Crippen MR) is 88.0 cm³/mol. The summed E-state index contributed by atoms with van der Waals surface area (Å²) in [5, 5.41) is 0. The van der Waals surface area contributed by atoms with Gasteiger partial charge in [-0.15, -0.1) is 0 Å². The van der Waals surface area contributed by atoms with E-state index in [0.717, 1.165) is 25.7 Å². The fourth-order valence-electron chi connectivity index (χ4n) is 3.35. The number of aromatic nitrogens is 2. The van der Waals surface area contributed by atoms with Crippen LogP contribution in [0.1, 0.15) is 54.5 Å². The minimum Gasteiger partial charge on any atom is -0.342 e. The average Bonchev–Trinajstić information content (AvgIpc) is 2.98. The minimum atomic E-state index is 0.0621. The Bertz CT molecular complexity index is 665. The first-order valence-corrected chi connectivity index (χ1v) is 8.07. The Morgan fingerprint density at radius 2 is 2.14 bits per heavy atom. The van der Waals surface area contributed by atoms with E-state index in [1.807, 2.05) is 0 Å². The Labute approximate surface area is 132 Å². The molecule has 3 heteroatoms. The van der Waals surface area contributed by atoms with Gasteiger partial charge >= 0.3 is 0 Å². The molecule has 0 radical (unpaired) electrons. The van der Waals surface area contributed by atoms with E-state index in [1.165, 1.54) is 16.7 Å². The van der Waals surface area contributed by atoms with Gasteiger partial charge in [0.15, 0.2) is 5.82 Å². The van der Waals surface area contributed by atoms with Crippen LogP contribution in [0.15, 0.2) is 30.6 Å². The number of rotatable bonds is 3. The van der Waals surface area contributed by atoms with Crippen molar-refractivity contribution in [2.24, 2.45) is 11.3 Å². The number of carbonyl (C=O) groups excluding carboxylic acids is 1. The maximum absolute atomic E-state index is 12.4. The number of aryl methyl sites for hydroxylation is 1. The maximum Gasteiger partial charge on any atom is 0.201 e. The molecular formula is C19H24N2O. The molecule has 1 atom stereocenters. The number of H-pyrrole nitrogens is 1. The molecule has 1 aromatic heterocycles. The predicted octanol–water partition coefficient (Wildman–Crippen LogP) is 3.99. The molecule has 0 saturated carbocycles. The highest BCUT2D eigenvalue weighted by Crippen LogP contribution is 2.30. The first-order chi connectivity index (χ1) is 10.4. The van der Waals surface area contributed by atoms with Crippen molar-refractivity contribution in [1.82, 2.24) is 9.97 Å². The van der Waals surface area contributed by atoms with Gasteiger partial charge in [0.2, 0.25) is 5.78 Å². The molecule has 3 nitrogen and oxygen atoms in total. The summed E-state index contributed by atoms with van der Waals surface area (Å²) >= 11 is 0. The highest BCUT2D eigenvalue weighted by Gasteiger charge is 2.27. The molecule has 0 aliphatic heterocycles.